The number of hydrogen-bond donors (Lipinski definition) is 1. The van der Waals surface area contributed by atoms with E-state index in [1.54, 1.807) is 0 Å². The van der Waals surface area contributed by atoms with Crippen LogP contribution in [0.5, 0.6) is 0 Å². The fourth-order valence-electron chi connectivity index (χ4n) is 1.10. The van der Waals surface area contributed by atoms with Crippen LogP contribution in [-0.2, 0) is 12.8 Å². The first-order valence-electron chi connectivity index (χ1n) is 4.03. The molecule has 2 nitrogen and oxygen atoms in total. The molecule has 1 N–H and O–H groups in total. The van der Waals surface area contributed by atoms with E-state index in [1.807, 2.05) is 19.9 Å². The molecular formula is C9H12O2S. The number of aryl methyl sites for hydroxylation is 2. The lowest BCUT2D eigenvalue weighted by Gasteiger charge is -1.91. The van der Waals surface area contributed by atoms with Crippen LogP contribution in [0, 0.1) is 0 Å². The van der Waals surface area contributed by atoms with Gasteiger partial charge in [-0.2, -0.15) is 0 Å². The Morgan fingerprint density at radius 1 is 1.50 bits per heavy atom. The maximum Gasteiger partial charge on any atom is 0.346 e. The molecule has 0 aliphatic heterocycles. The van der Waals surface area contributed by atoms with E-state index < -0.39 is 5.97 Å². The maximum atomic E-state index is 10.7. The Labute approximate surface area is 75.9 Å². The zero-order valence-electron chi connectivity index (χ0n) is 7.26. The third kappa shape index (κ3) is 1.67. The van der Waals surface area contributed by atoms with Crippen LogP contribution in [0.1, 0.15) is 34.0 Å². The van der Waals surface area contributed by atoms with Crippen molar-refractivity contribution in [2.45, 2.75) is 26.7 Å². The summed E-state index contributed by atoms with van der Waals surface area (Å²) in [6, 6.07) is 1.99. The molecule has 0 saturated heterocycles. The largest absolute Gasteiger partial charge is 0.477 e. The van der Waals surface area contributed by atoms with Crippen molar-refractivity contribution in [2.75, 3.05) is 0 Å². The van der Waals surface area contributed by atoms with E-state index in [0.717, 1.165) is 23.3 Å². The average molecular weight is 184 g/mol. The highest BCUT2D eigenvalue weighted by molar-refractivity contribution is 7.14. The smallest absolute Gasteiger partial charge is 0.346 e. The molecule has 1 aromatic rings. The van der Waals surface area contributed by atoms with E-state index in [9.17, 15) is 4.79 Å². The van der Waals surface area contributed by atoms with Gasteiger partial charge >= 0.3 is 5.97 Å². The van der Waals surface area contributed by atoms with Crippen molar-refractivity contribution in [1.29, 1.82) is 0 Å². The molecule has 1 rings (SSSR count). The molecule has 66 valence electrons. The topological polar surface area (TPSA) is 37.3 Å². The quantitative estimate of drug-likeness (QED) is 0.783. The summed E-state index contributed by atoms with van der Waals surface area (Å²) in [6.07, 6.45) is 1.73. The third-order valence-electron chi connectivity index (χ3n) is 1.78. The van der Waals surface area contributed by atoms with Crippen molar-refractivity contribution in [3.63, 3.8) is 0 Å². The number of carbonyl (C=O) groups is 1. The van der Waals surface area contributed by atoms with Crippen LogP contribution < -0.4 is 0 Å². The molecular weight excluding hydrogens is 172 g/mol. The van der Waals surface area contributed by atoms with E-state index in [2.05, 4.69) is 0 Å². The van der Waals surface area contributed by atoms with Gasteiger partial charge in [0.2, 0.25) is 0 Å². The number of thiophene rings is 1. The molecule has 0 spiro atoms. The second kappa shape index (κ2) is 3.72. The van der Waals surface area contributed by atoms with Crippen LogP contribution in [0.15, 0.2) is 6.07 Å². The number of carboxylic acid groups (broad SMARTS) is 1. The van der Waals surface area contributed by atoms with Crippen LogP contribution in [0.4, 0.5) is 0 Å². The van der Waals surface area contributed by atoms with E-state index in [4.69, 9.17) is 5.11 Å². The molecule has 0 saturated carbocycles. The Morgan fingerprint density at radius 3 is 2.50 bits per heavy atom. The molecule has 0 radical (unpaired) electrons. The Bertz CT molecular complexity index is 289. The Hall–Kier alpha value is -0.830. The summed E-state index contributed by atoms with van der Waals surface area (Å²) in [5.41, 5.74) is 0.962. The van der Waals surface area contributed by atoms with Crippen LogP contribution in [0.2, 0.25) is 0 Å². The number of aromatic carboxylic acids is 1. The summed E-state index contributed by atoms with van der Waals surface area (Å²) >= 11 is 1.39. The van der Waals surface area contributed by atoms with Crippen LogP contribution in [0.3, 0.4) is 0 Å². The molecule has 12 heavy (non-hydrogen) atoms. The molecule has 0 aliphatic rings. The number of carboxylic acids is 1. The molecule has 0 amide bonds. The summed E-state index contributed by atoms with van der Waals surface area (Å²) in [6.45, 7) is 4.02. The molecule has 0 atom stereocenters. The standard InChI is InChI=1S/C9H12O2S/c1-3-6-5-7(4-2)12-8(6)9(10)11/h5H,3-4H2,1-2H3,(H,10,11). The van der Waals surface area contributed by atoms with E-state index in [-0.39, 0.29) is 0 Å². The summed E-state index contributed by atoms with van der Waals surface area (Å²) in [5, 5.41) is 8.82. The van der Waals surface area contributed by atoms with Gasteiger partial charge in [-0.3, -0.25) is 0 Å². The lowest BCUT2D eigenvalue weighted by atomic mass is 10.2. The fourth-order valence-corrected chi connectivity index (χ4v) is 2.13. The van der Waals surface area contributed by atoms with Crippen LogP contribution in [0.25, 0.3) is 0 Å². The van der Waals surface area contributed by atoms with Gasteiger partial charge in [-0.15, -0.1) is 11.3 Å². The summed E-state index contributed by atoms with van der Waals surface area (Å²) < 4.78 is 0. The highest BCUT2D eigenvalue weighted by Crippen LogP contribution is 2.23. The minimum Gasteiger partial charge on any atom is -0.477 e. The Balaban J connectivity index is 3.08. The van der Waals surface area contributed by atoms with Gasteiger partial charge in [0.05, 0.1) is 0 Å². The summed E-state index contributed by atoms with van der Waals surface area (Å²) in [4.78, 5) is 12.4. The molecule has 0 bridgehead atoms. The second-order valence-electron chi connectivity index (χ2n) is 2.58. The van der Waals surface area contributed by atoms with Gasteiger partial charge in [-0.05, 0) is 24.5 Å². The lowest BCUT2D eigenvalue weighted by Crippen LogP contribution is -1.95. The molecule has 0 aromatic carbocycles. The van der Waals surface area contributed by atoms with Crippen molar-refractivity contribution in [3.8, 4) is 0 Å². The highest BCUT2D eigenvalue weighted by Gasteiger charge is 2.12. The minimum atomic E-state index is -0.795. The Morgan fingerprint density at radius 2 is 2.17 bits per heavy atom. The normalized spacial score (nSPS) is 10.2. The minimum absolute atomic E-state index is 0.509. The molecule has 1 heterocycles. The van der Waals surface area contributed by atoms with Gasteiger partial charge < -0.3 is 5.11 Å². The SMILES string of the molecule is CCc1cc(CC)c(C(=O)O)s1. The lowest BCUT2D eigenvalue weighted by molar-refractivity contribution is 0.0701. The highest BCUT2D eigenvalue weighted by atomic mass is 32.1. The second-order valence-corrected chi connectivity index (χ2v) is 3.72. The third-order valence-corrected chi connectivity index (χ3v) is 3.09. The monoisotopic (exact) mass is 184 g/mol. The van der Waals surface area contributed by atoms with Crippen molar-refractivity contribution >= 4 is 17.3 Å². The van der Waals surface area contributed by atoms with E-state index in [0.29, 0.717) is 4.88 Å². The van der Waals surface area contributed by atoms with Gasteiger partial charge in [-0.1, -0.05) is 13.8 Å². The van der Waals surface area contributed by atoms with Crippen LogP contribution >= 0.6 is 11.3 Å². The van der Waals surface area contributed by atoms with Crippen molar-refractivity contribution in [3.05, 3.63) is 21.4 Å². The number of hydrogen-bond acceptors (Lipinski definition) is 2. The first kappa shape index (κ1) is 9.26. The first-order valence-corrected chi connectivity index (χ1v) is 4.85. The molecule has 0 unspecified atom stereocenters. The van der Waals surface area contributed by atoms with Gasteiger partial charge in [0.15, 0.2) is 0 Å². The molecule has 0 aliphatic carbocycles. The van der Waals surface area contributed by atoms with Crippen molar-refractivity contribution in [1.82, 2.24) is 0 Å². The fraction of sp³-hybridized carbons (Fsp3) is 0.444. The summed E-state index contributed by atoms with van der Waals surface area (Å²) in [5.74, 6) is -0.795. The van der Waals surface area contributed by atoms with E-state index in [1.165, 1.54) is 11.3 Å². The maximum absolute atomic E-state index is 10.7. The van der Waals surface area contributed by atoms with E-state index >= 15 is 0 Å². The molecule has 1 aromatic heterocycles. The molecule has 0 fully saturated rings. The Kier molecular flexibility index (Phi) is 2.87. The van der Waals surface area contributed by atoms with Gasteiger partial charge in [0.1, 0.15) is 4.88 Å². The zero-order chi connectivity index (χ0) is 9.14. The molecule has 3 heteroatoms. The van der Waals surface area contributed by atoms with Gasteiger partial charge in [0, 0.05) is 4.88 Å². The predicted octanol–water partition coefficient (Wildman–Crippen LogP) is 2.57. The first-order chi connectivity index (χ1) is 5.69. The van der Waals surface area contributed by atoms with Gasteiger partial charge in [0.25, 0.3) is 0 Å². The van der Waals surface area contributed by atoms with Crippen molar-refractivity contribution in [2.24, 2.45) is 0 Å². The average Bonchev–Trinajstić information content (AvgIpc) is 2.47. The number of rotatable bonds is 3. The van der Waals surface area contributed by atoms with Crippen molar-refractivity contribution < 1.29 is 9.90 Å². The predicted molar refractivity (Wildman–Crippen MR) is 50.0 cm³/mol. The zero-order valence-corrected chi connectivity index (χ0v) is 8.07. The van der Waals surface area contributed by atoms with Gasteiger partial charge in [-0.25, -0.2) is 4.79 Å². The van der Waals surface area contributed by atoms with Crippen LogP contribution in [-0.4, -0.2) is 11.1 Å². The summed E-state index contributed by atoms with van der Waals surface area (Å²) in [7, 11) is 0.